The van der Waals surface area contributed by atoms with Crippen LogP contribution in [0.25, 0.3) is 5.82 Å². The Bertz CT molecular complexity index is 1250. The van der Waals surface area contributed by atoms with Crippen LogP contribution < -0.4 is 10.6 Å². The van der Waals surface area contributed by atoms with Crippen molar-refractivity contribution >= 4 is 17.5 Å². The summed E-state index contributed by atoms with van der Waals surface area (Å²) in [6, 6.07) is 18.3. The van der Waals surface area contributed by atoms with Crippen LogP contribution in [0.2, 0.25) is 0 Å². The number of nitrogens with zero attached hydrogens (tertiary/aromatic N) is 3. The van der Waals surface area contributed by atoms with Crippen molar-refractivity contribution in [3.63, 3.8) is 0 Å². The fourth-order valence-electron chi connectivity index (χ4n) is 3.57. The molecule has 0 unspecified atom stereocenters. The third kappa shape index (κ3) is 4.57. The molecule has 0 saturated heterocycles. The SMILES string of the molecule is Cc1cc(C(=O)NCc2cccc(NC(=O)c3ccncc3)c2)c(C)n1-c1ccccn1. The van der Waals surface area contributed by atoms with E-state index in [1.54, 1.807) is 30.7 Å². The highest BCUT2D eigenvalue weighted by Crippen LogP contribution is 2.20. The van der Waals surface area contributed by atoms with E-state index < -0.39 is 0 Å². The van der Waals surface area contributed by atoms with E-state index in [2.05, 4.69) is 20.6 Å². The molecular formula is C25H23N5O2. The normalized spacial score (nSPS) is 10.6. The van der Waals surface area contributed by atoms with Gasteiger partial charge < -0.3 is 15.2 Å². The molecule has 1 aromatic carbocycles. The first-order valence-electron chi connectivity index (χ1n) is 10.2. The third-order valence-corrected chi connectivity index (χ3v) is 5.13. The summed E-state index contributed by atoms with van der Waals surface area (Å²) in [6.07, 6.45) is 4.88. The second kappa shape index (κ2) is 9.26. The lowest BCUT2D eigenvalue weighted by molar-refractivity contribution is 0.0949. The molecule has 0 aliphatic heterocycles. The highest BCUT2D eigenvalue weighted by Gasteiger charge is 2.17. The Balaban J connectivity index is 1.44. The van der Waals surface area contributed by atoms with Crippen LogP contribution in [0, 0.1) is 13.8 Å². The minimum atomic E-state index is -0.212. The van der Waals surface area contributed by atoms with Gasteiger partial charge in [-0.1, -0.05) is 18.2 Å². The number of nitrogens with one attached hydrogen (secondary N) is 2. The molecule has 2 amide bonds. The zero-order valence-corrected chi connectivity index (χ0v) is 17.9. The quantitative estimate of drug-likeness (QED) is 0.487. The minimum absolute atomic E-state index is 0.161. The fourth-order valence-corrected chi connectivity index (χ4v) is 3.57. The first-order chi connectivity index (χ1) is 15.5. The Morgan fingerprint density at radius 1 is 0.906 bits per heavy atom. The zero-order valence-electron chi connectivity index (χ0n) is 17.9. The number of benzene rings is 1. The molecule has 0 aliphatic rings. The maximum absolute atomic E-state index is 12.9. The van der Waals surface area contributed by atoms with Gasteiger partial charge in [0.05, 0.1) is 5.56 Å². The van der Waals surface area contributed by atoms with Gasteiger partial charge in [-0.3, -0.25) is 14.6 Å². The third-order valence-electron chi connectivity index (χ3n) is 5.13. The summed E-state index contributed by atoms with van der Waals surface area (Å²) in [5, 5.41) is 5.83. The van der Waals surface area contributed by atoms with Gasteiger partial charge in [-0.25, -0.2) is 4.98 Å². The molecular weight excluding hydrogens is 402 g/mol. The number of hydrogen-bond donors (Lipinski definition) is 2. The number of rotatable bonds is 6. The monoisotopic (exact) mass is 425 g/mol. The molecule has 4 aromatic rings. The number of carbonyl (C=O) groups excluding carboxylic acids is 2. The van der Waals surface area contributed by atoms with E-state index >= 15 is 0 Å². The van der Waals surface area contributed by atoms with Gasteiger partial charge in [0.2, 0.25) is 0 Å². The van der Waals surface area contributed by atoms with Crippen LogP contribution in [0.5, 0.6) is 0 Å². The number of anilines is 1. The molecule has 0 radical (unpaired) electrons. The van der Waals surface area contributed by atoms with Gasteiger partial charge in [-0.15, -0.1) is 0 Å². The van der Waals surface area contributed by atoms with Crippen LogP contribution >= 0.6 is 0 Å². The van der Waals surface area contributed by atoms with Crippen LogP contribution in [-0.4, -0.2) is 26.3 Å². The molecule has 0 spiro atoms. The molecule has 0 atom stereocenters. The van der Waals surface area contributed by atoms with E-state index in [0.29, 0.717) is 23.4 Å². The molecule has 2 N–H and O–H groups in total. The largest absolute Gasteiger partial charge is 0.348 e. The maximum atomic E-state index is 12.9. The standard InChI is InChI=1S/C25H23N5O2/c1-17-14-22(18(2)30(17)23-8-3-4-11-27-23)25(32)28-16-19-6-5-7-21(15-19)29-24(31)20-9-12-26-13-10-20/h3-15H,16H2,1-2H3,(H,28,32)(H,29,31). The molecule has 0 fully saturated rings. The minimum Gasteiger partial charge on any atom is -0.348 e. The molecule has 3 heterocycles. The Morgan fingerprint density at radius 2 is 1.72 bits per heavy atom. The Kier molecular flexibility index (Phi) is 6.07. The van der Waals surface area contributed by atoms with Gasteiger partial charge in [-0.2, -0.15) is 0 Å². The molecule has 7 heteroatoms. The average molecular weight is 425 g/mol. The predicted octanol–water partition coefficient (Wildman–Crippen LogP) is 4.07. The van der Waals surface area contributed by atoms with Gasteiger partial charge in [0, 0.05) is 47.8 Å². The van der Waals surface area contributed by atoms with Crippen LogP contribution in [-0.2, 0) is 6.54 Å². The molecule has 0 aliphatic carbocycles. The summed E-state index contributed by atoms with van der Waals surface area (Å²) in [6.45, 7) is 4.20. The smallest absolute Gasteiger partial charge is 0.255 e. The summed E-state index contributed by atoms with van der Waals surface area (Å²) in [4.78, 5) is 33.5. The molecule has 0 bridgehead atoms. The van der Waals surface area contributed by atoms with Gasteiger partial charge in [0.1, 0.15) is 5.82 Å². The predicted molar refractivity (Wildman–Crippen MR) is 123 cm³/mol. The number of aryl methyl sites for hydroxylation is 1. The van der Waals surface area contributed by atoms with E-state index in [9.17, 15) is 9.59 Å². The molecule has 7 nitrogen and oxygen atoms in total. The highest BCUT2D eigenvalue weighted by molar-refractivity contribution is 6.04. The van der Waals surface area contributed by atoms with Crippen LogP contribution in [0.1, 0.15) is 37.7 Å². The van der Waals surface area contributed by atoms with Crippen LogP contribution in [0.15, 0.2) is 79.3 Å². The number of amides is 2. The Hall–Kier alpha value is -4.26. The van der Waals surface area contributed by atoms with E-state index in [-0.39, 0.29) is 11.8 Å². The summed E-state index contributed by atoms with van der Waals surface area (Å²) in [7, 11) is 0. The van der Waals surface area contributed by atoms with Crippen molar-refractivity contribution in [1.29, 1.82) is 0 Å². The lowest BCUT2D eigenvalue weighted by Crippen LogP contribution is -2.23. The van der Waals surface area contributed by atoms with E-state index in [0.717, 1.165) is 22.8 Å². The van der Waals surface area contributed by atoms with Gasteiger partial charge in [0.15, 0.2) is 0 Å². The number of carbonyl (C=O) groups is 2. The van der Waals surface area contributed by atoms with Gasteiger partial charge in [-0.05, 0) is 61.9 Å². The second-order valence-electron chi connectivity index (χ2n) is 7.38. The van der Waals surface area contributed by atoms with Crippen molar-refractivity contribution in [3.8, 4) is 5.82 Å². The van der Waals surface area contributed by atoms with E-state index in [1.165, 1.54) is 0 Å². The summed E-state index contributed by atoms with van der Waals surface area (Å²) in [5.41, 5.74) is 4.44. The highest BCUT2D eigenvalue weighted by atomic mass is 16.2. The number of pyridine rings is 2. The average Bonchev–Trinajstić information content (AvgIpc) is 3.12. The summed E-state index contributed by atoms with van der Waals surface area (Å²) in [5.74, 6) is 0.404. The Morgan fingerprint density at radius 3 is 2.47 bits per heavy atom. The van der Waals surface area contributed by atoms with E-state index in [4.69, 9.17) is 0 Å². The first-order valence-corrected chi connectivity index (χ1v) is 10.2. The van der Waals surface area contributed by atoms with Gasteiger partial charge in [0.25, 0.3) is 11.8 Å². The lowest BCUT2D eigenvalue weighted by atomic mass is 10.1. The maximum Gasteiger partial charge on any atom is 0.255 e. The molecule has 0 saturated carbocycles. The Labute approximate surface area is 186 Å². The van der Waals surface area contributed by atoms with Gasteiger partial charge >= 0.3 is 0 Å². The number of aromatic nitrogens is 3. The molecule has 32 heavy (non-hydrogen) atoms. The van der Waals surface area contributed by atoms with Crippen LogP contribution in [0.4, 0.5) is 5.69 Å². The molecule has 4 rings (SSSR count). The van der Waals surface area contributed by atoms with Crippen molar-refractivity contribution in [2.24, 2.45) is 0 Å². The fraction of sp³-hybridized carbons (Fsp3) is 0.120. The van der Waals surface area contributed by atoms with E-state index in [1.807, 2.05) is 66.9 Å². The van der Waals surface area contributed by atoms with Crippen molar-refractivity contribution < 1.29 is 9.59 Å². The summed E-state index contributed by atoms with van der Waals surface area (Å²) < 4.78 is 1.96. The molecule has 3 aromatic heterocycles. The molecule has 160 valence electrons. The van der Waals surface area contributed by atoms with Crippen molar-refractivity contribution in [3.05, 3.63) is 107 Å². The first kappa shape index (κ1) is 21.0. The lowest BCUT2D eigenvalue weighted by Gasteiger charge is -2.10. The van der Waals surface area contributed by atoms with Crippen LogP contribution in [0.3, 0.4) is 0 Å². The van der Waals surface area contributed by atoms with Crippen molar-refractivity contribution in [2.45, 2.75) is 20.4 Å². The number of hydrogen-bond acceptors (Lipinski definition) is 4. The topological polar surface area (TPSA) is 88.9 Å². The zero-order chi connectivity index (χ0) is 22.5. The summed E-state index contributed by atoms with van der Waals surface area (Å²) >= 11 is 0. The van der Waals surface area contributed by atoms with Crippen molar-refractivity contribution in [2.75, 3.05) is 5.32 Å². The second-order valence-corrected chi connectivity index (χ2v) is 7.38. The van der Waals surface area contributed by atoms with Crippen molar-refractivity contribution in [1.82, 2.24) is 19.9 Å².